The number of ether oxygens (including phenoxy) is 1. The van der Waals surface area contributed by atoms with Gasteiger partial charge in [0.1, 0.15) is 12.3 Å². The maximum Gasteiger partial charge on any atom is 0.243 e. The zero-order chi connectivity index (χ0) is 20.9. The quantitative estimate of drug-likeness (QED) is 0.368. The average Bonchev–Trinajstić information content (AvgIpc) is 2.75. The van der Waals surface area contributed by atoms with Gasteiger partial charge in [0.2, 0.25) is 5.91 Å². The number of hydrogen-bond acceptors (Lipinski definition) is 3. The van der Waals surface area contributed by atoms with Crippen LogP contribution in [-0.4, -0.2) is 57.6 Å². The van der Waals surface area contributed by atoms with Crippen molar-refractivity contribution < 1.29 is 9.53 Å². The smallest absolute Gasteiger partial charge is 0.243 e. The van der Waals surface area contributed by atoms with E-state index in [1.807, 2.05) is 18.2 Å². The molecule has 0 spiro atoms. The molecule has 2 aromatic rings. The molecule has 0 fully saturated rings. The third kappa shape index (κ3) is 8.68. The predicted molar refractivity (Wildman–Crippen MR) is 118 cm³/mol. The van der Waals surface area contributed by atoms with E-state index in [1.54, 1.807) is 26.1 Å². The van der Waals surface area contributed by atoms with Gasteiger partial charge >= 0.3 is 0 Å². The summed E-state index contributed by atoms with van der Waals surface area (Å²) in [5.41, 5.74) is 2.54. The van der Waals surface area contributed by atoms with Crippen molar-refractivity contribution >= 4 is 11.9 Å². The Morgan fingerprint density at radius 1 is 0.931 bits per heavy atom. The van der Waals surface area contributed by atoms with Gasteiger partial charge in [-0.25, -0.2) is 4.99 Å². The lowest BCUT2D eigenvalue weighted by atomic mass is 10.1. The molecule has 0 aliphatic rings. The molecule has 0 bridgehead atoms. The maximum atomic E-state index is 11.9. The molecule has 2 rings (SSSR count). The first-order valence-corrected chi connectivity index (χ1v) is 9.97. The lowest BCUT2D eigenvalue weighted by Gasteiger charge is -2.14. The highest BCUT2D eigenvalue weighted by Crippen LogP contribution is 2.11. The molecule has 0 saturated heterocycles. The van der Waals surface area contributed by atoms with Gasteiger partial charge in [0.05, 0.1) is 7.11 Å². The van der Waals surface area contributed by atoms with Crippen molar-refractivity contribution in [3.05, 3.63) is 65.7 Å². The van der Waals surface area contributed by atoms with Gasteiger partial charge in [-0.05, 0) is 42.5 Å². The Hall–Kier alpha value is -3.02. The number of rotatable bonds is 10. The SMILES string of the molecule is COc1ccc(CCNC(=NCC(=O)N(C)C)NCCCc2ccccc2)cc1. The molecule has 0 aromatic heterocycles. The molecular formula is C23H32N4O2. The van der Waals surface area contributed by atoms with Gasteiger partial charge in [0, 0.05) is 27.2 Å². The van der Waals surface area contributed by atoms with E-state index < -0.39 is 0 Å². The van der Waals surface area contributed by atoms with Gasteiger partial charge in [-0.2, -0.15) is 0 Å². The number of benzene rings is 2. The fourth-order valence-corrected chi connectivity index (χ4v) is 2.72. The van der Waals surface area contributed by atoms with Crippen LogP contribution in [-0.2, 0) is 17.6 Å². The Balaban J connectivity index is 1.82. The Kier molecular flexibility index (Phi) is 9.55. The first kappa shape index (κ1) is 22.3. The van der Waals surface area contributed by atoms with E-state index in [1.165, 1.54) is 11.1 Å². The Labute approximate surface area is 174 Å². The Morgan fingerprint density at radius 3 is 2.24 bits per heavy atom. The number of hydrogen-bond donors (Lipinski definition) is 2. The van der Waals surface area contributed by atoms with Crippen molar-refractivity contribution in [1.29, 1.82) is 0 Å². The highest BCUT2D eigenvalue weighted by atomic mass is 16.5. The fourth-order valence-electron chi connectivity index (χ4n) is 2.72. The number of amides is 1. The van der Waals surface area contributed by atoms with Crippen molar-refractivity contribution in [2.45, 2.75) is 19.3 Å². The minimum Gasteiger partial charge on any atom is -0.497 e. The highest BCUT2D eigenvalue weighted by molar-refractivity contribution is 5.84. The largest absolute Gasteiger partial charge is 0.497 e. The number of carbonyl (C=O) groups excluding carboxylic acids is 1. The van der Waals surface area contributed by atoms with Gasteiger partial charge in [0.25, 0.3) is 0 Å². The second kappa shape index (κ2) is 12.4. The number of likely N-dealkylation sites (N-methyl/N-ethyl adjacent to an activating group) is 1. The van der Waals surface area contributed by atoms with Crippen molar-refractivity contribution in [1.82, 2.24) is 15.5 Å². The molecule has 0 aliphatic heterocycles. The first-order valence-electron chi connectivity index (χ1n) is 9.97. The molecule has 2 aromatic carbocycles. The van der Waals surface area contributed by atoms with Crippen molar-refractivity contribution in [3.63, 3.8) is 0 Å². The summed E-state index contributed by atoms with van der Waals surface area (Å²) in [6, 6.07) is 18.5. The van der Waals surface area contributed by atoms with Crippen LogP contribution in [0.15, 0.2) is 59.6 Å². The van der Waals surface area contributed by atoms with Crippen LogP contribution in [0.4, 0.5) is 0 Å². The predicted octanol–water partition coefficient (Wildman–Crippen LogP) is 2.49. The van der Waals surface area contributed by atoms with Gasteiger partial charge < -0.3 is 20.3 Å². The van der Waals surface area contributed by atoms with Crippen LogP contribution in [0.2, 0.25) is 0 Å². The summed E-state index contributed by atoms with van der Waals surface area (Å²) in [4.78, 5) is 17.9. The normalized spacial score (nSPS) is 11.1. The average molecular weight is 397 g/mol. The molecule has 6 heteroatoms. The third-order valence-electron chi connectivity index (χ3n) is 4.51. The van der Waals surface area contributed by atoms with Gasteiger partial charge in [0.15, 0.2) is 5.96 Å². The van der Waals surface area contributed by atoms with E-state index in [0.717, 1.165) is 38.1 Å². The van der Waals surface area contributed by atoms with Gasteiger partial charge in [-0.1, -0.05) is 42.5 Å². The lowest BCUT2D eigenvalue weighted by Crippen LogP contribution is -2.40. The fraction of sp³-hybridized carbons (Fsp3) is 0.391. The number of methoxy groups -OCH3 is 1. The standard InChI is InChI=1S/C23H32N4O2/c1-27(2)22(28)18-26-23(24-16-7-10-19-8-5-4-6-9-19)25-17-15-20-11-13-21(29-3)14-12-20/h4-6,8-9,11-14H,7,10,15-18H2,1-3H3,(H2,24,25,26). The number of nitrogens with zero attached hydrogens (tertiary/aromatic N) is 2. The second-order valence-electron chi connectivity index (χ2n) is 6.99. The minimum absolute atomic E-state index is 0.0226. The summed E-state index contributed by atoms with van der Waals surface area (Å²) in [5, 5.41) is 6.66. The van der Waals surface area contributed by atoms with Crippen LogP contribution in [0.3, 0.4) is 0 Å². The van der Waals surface area contributed by atoms with Crippen LogP contribution >= 0.6 is 0 Å². The molecule has 0 radical (unpaired) electrons. The van der Waals surface area contributed by atoms with E-state index in [9.17, 15) is 4.79 Å². The topological polar surface area (TPSA) is 66.0 Å². The van der Waals surface area contributed by atoms with Crippen LogP contribution in [0.5, 0.6) is 5.75 Å². The Bertz CT molecular complexity index is 758. The van der Waals surface area contributed by atoms with Crippen molar-refractivity contribution in [2.75, 3.05) is 40.8 Å². The molecule has 6 nitrogen and oxygen atoms in total. The van der Waals surface area contributed by atoms with Crippen LogP contribution < -0.4 is 15.4 Å². The third-order valence-corrected chi connectivity index (χ3v) is 4.51. The maximum absolute atomic E-state index is 11.9. The summed E-state index contributed by atoms with van der Waals surface area (Å²) in [6.45, 7) is 1.65. The van der Waals surface area contributed by atoms with Crippen molar-refractivity contribution in [2.24, 2.45) is 4.99 Å². The Morgan fingerprint density at radius 2 is 1.59 bits per heavy atom. The number of nitrogens with one attached hydrogen (secondary N) is 2. The number of carbonyl (C=O) groups is 1. The molecule has 0 heterocycles. The molecule has 0 unspecified atom stereocenters. The summed E-state index contributed by atoms with van der Waals surface area (Å²) in [6.07, 6.45) is 2.85. The molecule has 29 heavy (non-hydrogen) atoms. The summed E-state index contributed by atoms with van der Waals surface area (Å²) < 4.78 is 5.19. The summed E-state index contributed by atoms with van der Waals surface area (Å²) in [5.74, 6) is 1.50. The minimum atomic E-state index is -0.0226. The number of aliphatic imine (C=N–C) groups is 1. The van der Waals surface area contributed by atoms with E-state index in [2.05, 4.69) is 52.0 Å². The monoisotopic (exact) mass is 396 g/mol. The molecule has 2 N–H and O–H groups in total. The van der Waals surface area contributed by atoms with Crippen LogP contribution in [0.1, 0.15) is 17.5 Å². The van der Waals surface area contributed by atoms with Crippen LogP contribution in [0.25, 0.3) is 0 Å². The molecule has 0 aliphatic carbocycles. The molecular weight excluding hydrogens is 364 g/mol. The summed E-state index contributed by atoms with van der Waals surface area (Å²) >= 11 is 0. The summed E-state index contributed by atoms with van der Waals surface area (Å²) in [7, 11) is 5.14. The highest BCUT2D eigenvalue weighted by Gasteiger charge is 2.05. The second-order valence-corrected chi connectivity index (χ2v) is 6.99. The lowest BCUT2D eigenvalue weighted by molar-refractivity contribution is -0.127. The molecule has 0 saturated carbocycles. The van der Waals surface area contributed by atoms with E-state index >= 15 is 0 Å². The zero-order valence-electron chi connectivity index (χ0n) is 17.6. The molecule has 0 atom stereocenters. The first-order chi connectivity index (χ1) is 14.1. The van der Waals surface area contributed by atoms with E-state index in [0.29, 0.717) is 5.96 Å². The number of aryl methyl sites for hydroxylation is 1. The molecule has 156 valence electrons. The van der Waals surface area contributed by atoms with Crippen LogP contribution in [0, 0.1) is 0 Å². The van der Waals surface area contributed by atoms with Gasteiger partial charge in [-0.3, -0.25) is 4.79 Å². The van der Waals surface area contributed by atoms with E-state index in [4.69, 9.17) is 4.74 Å². The number of guanidine groups is 1. The molecule has 1 amide bonds. The van der Waals surface area contributed by atoms with E-state index in [-0.39, 0.29) is 12.5 Å². The van der Waals surface area contributed by atoms with Crippen molar-refractivity contribution in [3.8, 4) is 5.75 Å². The zero-order valence-corrected chi connectivity index (χ0v) is 17.6. The van der Waals surface area contributed by atoms with Gasteiger partial charge in [-0.15, -0.1) is 0 Å².